The topological polar surface area (TPSA) is 61.8 Å². The number of amides is 1. The zero-order valence-corrected chi connectivity index (χ0v) is 16.9. The van der Waals surface area contributed by atoms with Crippen LogP contribution in [0.5, 0.6) is 0 Å². The molecule has 0 spiro atoms. The van der Waals surface area contributed by atoms with Gasteiger partial charge in [0, 0.05) is 52.0 Å². The molecule has 0 N–H and O–H groups in total. The summed E-state index contributed by atoms with van der Waals surface area (Å²) in [6, 6.07) is 8.39. The molecular formula is C22H29N5O2. The van der Waals surface area contributed by atoms with Crippen LogP contribution in [0.2, 0.25) is 0 Å². The first-order valence-electron chi connectivity index (χ1n) is 10.9. The maximum absolute atomic E-state index is 13.2. The van der Waals surface area contributed by atoms with E-state index in [1.807, 2.05) is 30.5 Å². The molecule has 1 amide bonds. The first-order valence-corrected chi connectivity index (χ1v) is 10.9. The lowest BCUT2D eigenvalue weighted by atomic mass is 9.97. The number of piperazine rings is 1. The summed E-state index contributed by atoms with van der Waals surface area (Å²) >= 11 is 0. The number of nitrogens with zero attached hydrogens (tertiary/aromatic N) is 5. The molecule has 0 bridgehead atoms. The Bertz CT molecular complexity index is 861. The van der Waals surface area contributed by atoms with E-state index in [0.29, 0.717) is 11.9 Å². The first-order chi connectivity index (χ1) is 14.3. The van der Waals surface area contributed by atoms with E-state index in [0.717, 1.165) is 88.5 Å². The van der Waals surface area contributed by atoms with Crippen molar-refractivity contribution >= 4 is 22.8 Å². The van der Waals surface area contributed by atoms with E-state index in [1.54, 1.807) is 0 Å². The molecule has 5 rings (SSSR count). The number of hydrogen-bond donors (Lipinski definition) is 0. The Kier molecular flexibility index (Phi) is 5.33. The number of carbonyl (C=O) groups is 1. The van der Waals surface area contributed by atoms with Gasteiger partial charge < -0.3 is 14.5 Å². The summed E-state index contributed by atoms with van der Waals surface area (Å²) in [5.41, 5.74) is 1.86. The molecule has 4 heterocycles. The molecule has 0 radical (unpaired) electrons. The minimum atomic E-state index is 0.0384. The van der Waals surface area contributed by atoms with Crippen LogP contribution in [0.15, 0.2) is 30.5 Å². The van der Waals surface area contributed by atoms with Crippen molar-refractivity contribution in [2.24, 2.45) is 0 Å². The second kappa shape index (κ2) is 8.24. The summed E-state index contributed by atoms with van der Waals surface area (Å²) in [7, 11) is 0. The number of fused-ring (bicyclic) bond motifs is 1. The predicted octanol–water partition coefficient (Wildman–Crippen LogP) is 1.92. The van der Waals surface area contributed by atoms with Gasteiger partial charge in [0.25, 0.3) is 0 Å². The van der Waals surface area contributed by atoms with Crippen molar-refractivity contribution < 1.29 is 9.53 Å². The van der Waals surface area contributed by atoms with Crippen molar-refractivity contribution in [1.82, 2.24) is 19.8 Å². The Morgan fingerprint density at radius 2 is 1.69 bits per heavy atom. The van der Waals surface area contributed by atoms with E-state index in [9.17, 15) is 4.79 Å². The van der Waals surface area contributed by atoms with E-state index in [4.69, 9.17) is 9.72 Å². The van der Waals surface area contributed by atoms with Crippen molar-refractivity contribution in [3.8, 4) is 0 Å². The predicted molar refractivity (Wildman–Crippen MR) is 112 cm³/mol. The van der Waals surface area contributed by atoms with Gasteiger partial charge in [0.15, 0.2) is 0 Å². The number of hydrogen-bond acceptors (Lipinski definition) is 6. The molecule has 7 nitrogen and oxygen atoms in total. The fraction of sp³-hybridized carbons (Fsp3) is 0.591. The number of para-hydroxylation sites is 2. The number of benzene rings is 1. The van der Waals surface area contributed by atoms with Gasteiger partial charge in [-0.25, -0.2) is 4.98 Å². The van der Waals surface area contributed by atoms with Gasteiger partial charge in [-0.2, -0.15) is 0 Å². The number of rotatable bonds is 3. The molecule has 1 aromatic heterocycles. The Morgan fingerprint density at radius 3 is 2.48 bits per heavy atom. The summed E-state index contributed by atoms with van der Waals surface area (Å²) in [5, 5.41) is 0. The average Bonchev–Trinajstić information content (AvgIpc) is 2.80. The van der Waals surface area contributed by atoms with Crippen molar-refractivity contribution in [3.05, 3.63) is 30.5 Å². The number of anilines is 1. The van der Waals surface area contributed by atoms with Gasteiger partial charge in [-0.15, -0.1) is 0 Å². The fourth-order valence-electron chi connectivity index (χ4n) is 4.94. The van der Waals surface area contributed by atoms with Crippen LogP contribution in [-0.2, 0) is 9.53 Å². The summed E-state index contributed by atoms with van der Waals surface area (Å²) in [6.07, 6.45) is 5.91. The molecule has 154 valence electrons. The maximum Gasteiger partial charge on any atom is 0.240 e. The highest BCUT2D eigenvalue weighted by Gasteiger charge is 2.38. The van der Waals surface area contributed by atoms with Gasteiger partial charge >= 0.3 is 0 Å². The number of likely N-dealkylation sites (tertiary alicyclic amines) is 1. The monoisotopic (exact) mass is 395 g/mol. The van der Waals surface area contributed by atoms with Gasteiger partial charge in [-0.1, -0.05) is 12.1 Å². The lowest BCUT2D eigenvalue weighted by molar-refractivity contribution is -0.145. The van der Waals surface area contributed by atoms with Gasteiger partial charge in [0.1, 0.15) is 5.82 Å². The minimum Gasteiger partial charge on any atom is -0.381 e. The van der Waals surface area contributed by atoms with Crippen LogP contribution >= 0.6 is 0 Å². The maximum atomic E-state index is 13.2. The SMILES string of the molecule is O=C1C(N2CCN(c3cnc4ccccc4n3)CC2)CCCN1C1CCOCC1. The van der Waals surface area contributed by atoms with Crippen LogP contribution in [0.25, 0.3) is 11.0 Å². The Labute approximate surface area is 171 Å². The normalized spacial score (nSPS) is 25.0. The van der Waals surface area contributed by atoms with Crippen molar-refractivity contribution in [2.75, 3.05) is 50.8 Å². The Balaban J connectivity index is 1.23. The molecular weight excluding hydrogens is 366 g/mol. The molecule has 0 saturated carbocycles. The largest absolute Gasteiger partial charge is 0.381 e. The first kappa shape index (κ1) is 18.8. The molecule has 29 heavy (non-hydrogen) atoms. The molecule has 7 heteroatoms. The summed E-state index contributed by atoms with van der Waals surface area (Å²) < 4.78 is 5.48. The second-order valence-corrected chi connectivity index (χ2v) is 8.27. The van der Waals surface area contributed by atoms with Crippen LogP contribution in [0.3, 0.4) is 0 Å². The molecule has 0 aliphatic carbocycles. The summed E-state index contributed by atoms with van der Waals surface area (Å²) in [5.74, 6) is 1.27. The smallest absolute Gasteiger partial charge is 0.240 e. The van der Waals surface area contributed by atoms with Gasteiger partial charge in [0.05, 0.1) is 23.3 Å². The van der Waals surface area contributed by atoms with Crippen LogP contribution in [0, 0.1) is 0 Å². The van der Waals surface area contributed by atoms with E-state index in [-0.39, 0.29) is 6.04 Å². The summed E-state index contributed by atoms with van der Waals surface area (Å²) in [6.45, 7) is 6.03. The molecule has 1 aromatic carbocycles. The van der Waals surface area contributed by atoms with Gasteiger partial charge in [0.2, 0.25) is 5.91 Å². The molecule has 1 atom stereocenters. The number of ether oxygens (including phenoxy) is 1. The van der Waals surface area contributed by atoms with Crippen molar-refractivity contribution in [3.63, 3.8) is 0 Å². The molecule has 2 aromatic rings. The highest BCUT2D eigenvalue weighted by molar-refractivity contribution is 5.83. The van der Waals surface area contributed by atoms with E-state index in [2.05, 4.69) is 19.7 Å². The van der Waals surface area contributed by atoms with Crippen molar-refractivity contribution in [1.29, 1.82) is 0 Å². The zero-order chi connectivity index (χ0) is 19.6. The van der Waals surface area contributed by atoms with Crippen LogP contribution in [0.4, 0.5) is 5.82 Å². The Hall–Kier alpha value is -2.25. The lowest BCUT2D eigenvalue weighted by Crippen LogP contribution is -2.59. The lowest BCUT2D eigenvalue weighted by Gasteiger charge is -2.45. The van der Waals surface area contributed by atoms with E-state index < -0.39 is 0 Å². The van der Waals surface area contributed by atoms with Crippen LogP contribution < -0.4 is 4.90 Å². The molecule has 1 unspecified atom stereocenters. The number of aromatic nitrogens is 2. The highest BCUT2D eigenvalue weighted by atomic mass is 16.5. The average molecular weight is 396 g/mol. The van der Waals surface area contributed by atoms with Gasteiger partial charge in [-0.05, 0) is 37.8 Å². The molecule has 3 saturated heterocycles. The van der Waals surface area contributed by atoms with E-state index >= 15 is 0 Å². The quantitative estimate of drug-likeness (QED) is 0.791. The minimum absolute atomic E-state index is 0.0384. The second-order valence-electron chi connectivity index (χ2n) is 8.27. The van der Waals surface area contributed by atoms with Crippen LogP contribution in [-0.4, -0.2) is 83.7 Å². The standard InChI is InChI=1S/C22H29N5O2/c28-22-20(6-3-9-27(22)17-7-14-29-15-8-17)25-10-12-26(13-11-25)21-16-23-18-4-1-2-5-19(18)24-21/h1-2,4-5,16-17,20H,3,6-15H2. The van der Waals surface area contributed by atoms with E-state index in [1.165, 1.54) is 0 Å². The van der Waals surface area contributed by atoms with Gasteiger partial charge in [-0.3, -0.25) is 14.7 Å². The number of piperidine rings is 1. The number of carbonyl (C=O) groups excluding carboxylic acids is 1. The third kappa shape index (κ3) is 3.81. The third-order valence-corrected chi connectivity index (χ3v) is 6.59. The van der Waals surface area contributed by atoms with Crippen LogP contribution in [0.1, 0.15) is 25.7 Å². The molecule has 3 fully saturated rings. The summed E-state index contributed by atoms with van der Waals surface area (Å²) in [4.78, 5) is 29.4. The third-order valence-electron chi connectivity index (χ3n) is 6.59. The van der Waals surface area contributed by atoms with Crippen molar-refractivity contribution in [2.45, 2.75) is 37.8 Å². The zero-order valence-electron chi connectivity index (χ0n) is 16.9. The molecule has 3 aliphatic rings. The highest BCUT2D eigenvalue weighted by Crippen LogP contribution is 2.25. The fourth-order valence-corrected chi connectivity index (χ4v) is 4.94. The molecule has 3 aliphatic heterocycles. The Morgan fingerprint density at radius 1 is 0.931 bits per heavy atom.